The zero-order valence-electron chi connectivity index (χ0n) is 13.0. The van der Waals surface area contributed by atoms with Crippen molar-refractivity contribution in [1.29, 1.82) is 0 Å². The standard InChI is InChI=1S/C17H19N3O3/c1-12(2)15(19-16(21)13-7-4-3-5-8-13)17(22)20-18-11-14-9-6-10-23-14/h3-12,15H,1-2H3,(H,19,21)(H,20,22)/t15-/m0/s1. The van der Waals surface area contributed by atoms with Crippen LogP contribution >= 0.6 is 0 Å². The van der Waals surface area contributed by atoms with E-state index in [0.717, 1.165) is 0 Å². The Morgan fingerprint density at radius 3 is 2.48 bits per heavy atom. The molecule has 2 rings (SSSR count). The molecule has 0 radical (unpaired) electrons. The summed E-state index contributed by atoms with van der Waals surface area (Å²) in [5, 5.41) is 6.56. The molecule has 2 amide bonds. The van der Waals surface area contributed by atoms with Gasteiger partial charge in [0.05, 0.1) is 12.5 Å². The van der Waals surface area contributed by atoms with E-state index in [9.17, 15) is 9.59 Å². The van der Waals surface area contributed by atoms with Crippen LogP contribution in [0.5, 0.6) is 0 Å². The summed E-state index contributed by atoms with van der Waals surface area (Å²) in [5.41, 5.74) is 2.92. The highest BCUT2D eigenvalue weighted by atomic mass is 16.3. The highest BCUT2D eigenvalue weighted by molar-refractivity contribution is 5.97. The Kier molecular flexibility index (Phi) is 5.68. The Bertz CT molecular complexity index is 664. The van der Waals surface area contributed by atoms with Gasteiger partial charge in [0, 0.05) is 5.56 Å². The van der Waals surface area contributed by atoms with Gasteiger partial charge in [0.15, 0.2) is 0 Å². The fourth-order valence-electron chi connectivity index (χ4n) is 1.94. The highest BCUT2D eigenvalue weighted by Crippen LogP contribution is 2.05. The predicted molar refractivity (Wildman–Crippen MR) is 87.0 cm³/mol. The van der Waals surface area contributed by atoms with Crippen molar-refractivity contribution in [2.45, 2.75) is 19.9 Å². The summed E-state index contributed by atoms with van der Waals surface area (Å²) < 4.78 is 5.08. The summed E-state index contributed by atoms with van der Waals surface area (Å²) in [6.07, 6.45) is 2.91. The van der Waals surface area contributed by atoms with E-state index in [1.54, 1.807) is 36.4 Å². The quantitative estimate of drug-likeness (QED) is 0.633. The van der Waals surface area contributed by atoms with Gasteiger partial charge in [-0.1, -0.05) is 32.0 Å². The van der Waals surface area contributed by atoms with Crippen LogP contribution in [-0.4, -0.2) is 24.1 Å². The first-order valence-electron chi connectivity index (χ1n) is 7.30. The minimum atomic E-state index is -0.684. The van der Waals surface area contributed by atoms with E-state index in [1.165, 1.54) is 12.5 Å². The van der Waals surface area contributed by atoms with E-state index in [4.69, 9.17) is 4.42 Å². The fourth-order valence-corrected chi connectivity index (χ4v) is 1.94. The summed E-state index contributed by atoms with van der Waals surface area (Å²) in [7, 11) is 0. The Balaban J connectivity index is 1.97. The van der Waals surface area contributed by atoms with E-state index in [-0.39, 0.29) is 17.7 Å². The number of furan rings is 1. The van der Waals surface area contributed by atoms with E-state index >= 15 is 0 Å². The topological polar surface area (TPSA) is 83.7 Å². The highest BCUT2D eigenvalue weighted by Gasteiger charge is 2.24. The molecule has 120 valence electrons. The maximum atomic E-state index is 12.2. The van der Waals surface area contributed by atoms with Crippen molar-refractivity contribution in [1.82, 2.24) is 10.7 Å². The van der Waals surface area contributed by atoms with Crippen molar-refractivity contribution in [2.24, 2.45) is 11.0 Å². The lowest BCUT2D eigenvalue weighted by Crippen LogP contribution is -2.48. The predicted octanol–water partition coefficient (Wildman–Crippen LogP) is 2.18. The third-order valence-corrected chi connectivity index (χ3v) is 3.18. The first-order valence-corrected chi connectivity index (χ1v) is 7.30. The van der Waals surface area contributed by atoms with Crippen LogP contribution in [-0.2, 0) is 4.79 Å². The van der Waals surface area contributed by atoms with E-state index in [1.807, 2.05) is 19.9 Å². The number of hydrazone groups is 1. The average molecular weight is 313 g/mol. The number of benzene rings is 1. The smallest absolute Gasteiger partial charge is 0.262 e. The first kappa shape index (κ1) is 16.5. The molecular weight excluding hydrogens is 294 g/mol. The van der Waals surface area contributed by atoms with Gasteiger partial charge in [-0.3, -0.25) is 9.59 Å². The molecule has 0 bridgehead atoms. The number of nitrogens with one attached hydrogen (secondary N) is 2. The molecule has 1 aromatic heterocycles. The van der Waals surface area contributed by atoms with Crippen LogP contribution in [0.15, 0.2) is 58.2 Å². The maximum Gasteiger partial charge on any atom is 0.262 e. The lowest BCUT2D eigenvalue weighted by atomic mass is 10.0. The molecule has 1 aromatic carbocycles. The molecule has 0 spiro atoms. The molecule has 0 saturated heterocycles. The van der Waals surface area contributed by atoms with Crippen molar-refractivity contribution in [2.75, 3.05) is 0 Å². The molecule has 0 fully saturated rings. The van der Waals surface area contributed by atoms with E-state index < -0.39 is 6.04 Å². The molecule has 1 heterocycles. The number of hydrogen-bond acceptors (Lipinski definition) is 4. The summed E-state index contributed by atoms with van der Waals surface area (Å²) >= 11 is 0. The molecule has 0 unspecified atom stereocenters. The number of carbonyl (C=O) groups excluding carboxylic acids is 2. The van der Waals surface area contributed by atoms with Gasteiger partial charge < -0.3 is 9.73 Å². The Morgan fingerprint density at radius 1 is 1.13 bits per heavy atom. The molecule has 6 heteroatoms. The lowest BCUT2D eigenvalue weighted by Gasteiger charge is -2.20. The van der Waals surface area contributed by atoms with Gasteiger partial charge in [0.25, 0.3) is 11.8 Å². The fraction of sp³-hybridized carbons (Fsp3) is 0.235. The van der Waals surface area contributed by atoms with Crippen molar-refractivity contribution < 1.29 is 14.0 Å². The number of nitrogens with zero attached hydrogens (tertiary/aromatic N) is 1. The van der Waals surface area contributed by atoms with E-state index in [2.05, 4.69) is 15.8 Å². The second kappa shape index (κ2) is 7.93. The van der Waals surface area contributed by atoms with Gasteiger partial charge in [-0.05, 0) is 30.2 Å². The number of amides is 2. The Hall–Kier alpha value is -2.89. The number of carbonyl (C=O) groups is 2. The Morgan fingerprint density at radius 2 is 1.87 bits per heavy atom. The van der Waals surface area contributed by atoms with Gasteiger partial charge in [0.2, 0.25) is 0 Å². The van der Waals surface area contributed by atoms with Crippen LogP contribution in [0.25, 0.3) is 0 Å². The summed E-state index contributed by atoms with van der Waals surface area (Å²) in [4.78, 5) is 24.4. The van der Waals surface area contributed by atoms with Crippen LogP contribution in [0.2, 0.25) is 0 Å². The van der Waals surface area contributed by atoms with Crippen molar-refractivity contribution in [3.63, 3.8) is 0 Å². The largest absolute Gasteiger partial charge is 0.463 e. The molecule has 1 atom stereocenters. The molecule has 0 aliphatic heterocycles. The van der Waals surface area contributed by atoms with Crippen molar-refractivity contribution in [3.8, 4) is 0 Å². The van der Waals surface area contributed by atoms with Crippen LogP contribution in [0, 0.1) is 5.92 Å². The molecule has 23 heavy (non-hydrogen) atoms. The molecule has 0 saturated carbocycles. The second-order valence-electron chi connectivity index (χ2n) is 5.31. The summed E-state index contributed by atoms with van der Waals surface area (Å²) in [6.45, 7) is 3.71. The monoisotopic (exact) mass is 313 g/mol. The van der Waals surface area contributed by atoms with Gasteiger partial charge in [0.1, 0.15) is 11.8 Å². The molecule has 0 aliphatic rings. The summed E-state index contributed by atoms with van der Waals surface area (Å²) in [6, 6.07) is 11.5. The molecule has 2 N–H and O–H groups in total. The average Bonchev–Trinajstić information content (AvgIpc) is 3.06. The van der Waals surface area contributed by atoms with Crippen LogP contribution in [0.4, 0.5) is 0 Å². The third-order valence-electron chi connectivity index (χ3n) is 3.18. The second-order valence-corrected chi connectivity index (χ2v) is 5.31. The van der Waals surface area contributed by atoms with Crippen LogP contribution in [0.3, 0.4) is 0 Å². The molecule has 0 aliphatic carbocycles. The number of hydrogen-bond donors (Lipinski definition) is 2. The van der Waals surface area contributed by atoms with Gasteiger partial charge in [-0.2, -0.15) is 5.10 Å². The lowest BCUT2D eigenvalue weighted by molar-refractivity contribution is -0.123. The van der Waals surface area contributed by atoms with Crippen molar-refractivity contribution in [3.05, 3.63) is 60.1 Å². The Labute approximate surface area is 134 Å². The zero-order chi connectivity index (χ0) is 16.7. The van der Waals surface area contributed by atoms with Gasteiger partial charge >= 0.3 is 0 Å². The SMILES string of the molecule is CC(C)[C@H](NC(=O)c1ccccc1)C(=O)NN=Cc1ccco1. The molecular formula is C17H19N3O3. The minimum absolute atomic E-state index is 0.0820. The van der Waals surface area contributed by atoms with Crippen LogP contribution < -0.4 is 10.7 Å². The van der Waals surface area contributed by atoms with Gasteiger partial charge in [-0.15, -0.1) is 0 Å². The zero-order valence-corrected chi connectivity index (χ0v) is 13.0. The maximum absolute atomic E-state index is 12.2. The van der Waals surface area contributed by atoms with Crippen LogP contribution in [0.1, 0.15) is 30.0 Å². The van der Waals surface area contributed by atoms with Gasteiger partial charge in [-0.25, -0.2) is 5.43 Å². The normalized spacial score (nSPS) is 12.3. The van der Waals surface area contributed by atoms with Crippen molar-refractivity contribution >= 4 is 18.0 Å². The third kappa shape index (κ3) is 4.81. The molecule has 2 aromatic rings. The summed E-state index contributed by atoms with van der Waals surface area (Å²) in [5.74, 6) is -0.234. The number of rotatable bonds is 6. The van der Waals surface area contributed by atoms with E-state index in [0.29, 0.717) is 11.3 Å². The molecule has 6 nitrogen and oxygen atoms in total. The first-order chi connectivity index (χ1) is 11.1. The minimum Gasteiger partial charge on any atom is -0.463 e.